The van der Waals surface area contributed by atoms with Crippen LogP contribution in [0.3, 0.4) is 0 Å². The molecule has 0 N–H and O–H groups in total. The Kier molecular flexibility index (Phi) is 15.1. The van der Waals surface area contributed by atoms with Gasteiger partial charge in [-0.15, -0.1) is 0 Å². The van der Waals surface area contributed by atoms with Crippen LogP contribution < -0.4 is 0 Å². The molecule has 0 radical (unpaired) electrons. The predicted molar refractivity (Wildman–Crippen MR) is 96.1 cm³/mol. The maximum absolute atomic E-state index is 6.43. The van der Waals surface area contributed by atoms with Crippen LogP contribution in [-0.4, -0.2) is 21.8 Å². The zero-order valence-electron chi connectivity index (χ0n) is 15.2. The first-order valence-corrected chi connectivity index (χ1v) is 11.8. The van der Waals surface area contributed by atoms with E-state index in [9.17, 15) is 0 Å². The van der Waals surface area contributed by atoms with Gasteiger partial charge in [0.1, 0.15) is 0 Å². The van der Waals surface area contributed by atoms with Crippen molar-refractivity contribution in [3.05, 3.63) is 0 Å². The summed E-state index contributed by atoms with van der Waals surface area (Å²) in [4.78, 5) is 0. The van der Waals surface area contributed by atoms with Crippen molar-refractivity contribution in [1.29, 1.82) is 0 Å². The maximum atomic E-state index is 6.43. The van der Waals surface area contributed by atoms with Crippen LogP contribution in [-0.2, 0) is 8.85 Å². The molecule has 0 aliphatic carbocycles. The lowest BCUT2D eigenvalue weighted by Crippen LogP contribution is -2.42. The number of hydrogen-bond acceptors (Lipinski definition) is 2. The standard InChI is InChI=1S/C18H40O2Si/c1-5-9-13-17-21(18-14-10-6-2,19-15-11-7-3)20-16-12-8-4/h5-18H2,1-4H3. The molecule has 2 nitrogen and oxygen atoms in total. The van der Waals surface area contributed by atoms with Crippen LogP contribution in [0.2, 0.25) is 12.1 Å². The largest absolute Gasteiger partial charge is 0.394 e. The van der Waals surface area contributed by atoms with Crippen molar-refractivity contribution >= 4 is 8.56 Å². The van der Waals surface area contributed by atoms with Gasteiger partial charge in [-0.05, 0) is 24.9 Å². The van der Waals surface area contributed by atoms with E-state index in [1.165, 1.54) is 76.3 Å². The van der Waals surface area contributed by atoms with Crippen molar-refractivity contribution in [3.8, 4) is 0 Å². The van der Waals surface area contributed by atoms with Gasteiger partial charge in [0.2, 0.25) is 0 Å². The summed E-state index contributed by atoms with van der Waals surface area (Å²) in [6.45, 7) is 10.8. The van der Waals surface area contributed by atoms with E-state index in [-0.39, 0.29) is 0 Å². The summed E-state index contributed by atoms with van der Waals surface area (Å²) in [5.41, 5.74) is 0. The molecule has 0 fully saturated rings. The minimum atomic E-state index is -1.94. The van der Waals surface area contributed by atoms with E-state index in [0.29, 0.717) is 0 Å². The average Bonchev–Trinajstić information content (AvgIpc) is 2.48. The Labute approximate surface area is 135 Å². The van der Waals surface area contributed by atoms with E-state index in [1.807, 2.05) is 0 Å². The molecule has 0 aromatic heterocycles. The fraction of sp³-hybridized carbons (Fsp3) is 1.00. The molecule has 0 amide bonds. The summed E-state index contributed by atoms with van der Waals surface area (Å²) >= 11 is 0. The first-order chi connectivity index (χ1) is 10.2. The van der Waals surface area contributed by atoms with Crippen LogP contribution in [0.5, 0.6) is 0 Å². The third-order valence-electron chi connectivity index (χ3n) is 4.05. The fourth-order valence-corrected chi connectivity index (χ4v) is 6.07. The molecular weight excluding hydrogens is 276 g/mol. The van der Waals surface area contributed by atoms with E-state index < -0.39 is 8.56 Å². The second kappa shape index (κ2) is 15.0. The van der Waals surface area contributed by atoms with Crippen molar-refractivity contribution in [2.75, 3.05) is 13.2 Å². The van der Waals surface area contributed by atoms with Crippen molar-refractivity contribution in [2.45, 2.75) is 104 Å². The molecule has 0 spiro atoms. The molecule has 0 aromatic carbocycles. The number of unbranched alkanes of at least 4 members (excludes halogenated alkanes) is 6. The fourth-order valence-electron chi connectivity index (χ4n) is 2.55. The molecule has 0 aliphatic rings. The van der Waals surface area contributed by atoms with Gasteiger partial charge in [0.05, 0.1) is 0 Å². The van der Waals surface area contributed by atoms with Gasteiger partial charge in [-0.1, -0.05) is 79.1 Å². The third-order valence-corrected chi connectivity index (χ3v) is 7.74. The molecule has 3 heteroatoms. The number of rotatable bonds is 16. The molecule has 128 valence electrons. The third kappa shape index (κ3) is 11.4. The van der Waals surface area contributed by atoms with Gasteiger partial charge in [-0.2, -0.15) is 0 Å². The summed E-state index contributed by atoms with van der Waals surface area (Å²) in [7, 11) is -1.94. The first-order valence-electron chi connectivity index (χ1n) is 9.52. The van der Waals surface area contributed by atoms with Crippen LogP contribution in [0.25, 0.3) is 0 Å². The predicted octanol–water partition coefficient (Wildman–Crippen LogP) is 6.44. The Morgan fingerprint density at radius 1 is 0.524 bits per heavy atom. The molecule has 0 unspecified atom stereocenters. The van der Waals surface area contributed by atoms with E-state index in [4.69, 9.17) is 8.85 Å². The second-order valence-corrected chi connectivity index (χ2v) is 9.63. The van der Waals surface area contributed by atoms with Crippen molar-refractivity contribution in [1.82, 2.24) is 0 Å². The van der Waals surface area contributed by atoms with Gasteiger partial charge in [0.15, 0.2) is 0 Å². The summed E-state index contributed by atoms with van der Waals surface area (Å²) in [6, 6.07) is 2.41. The number of hydrogen-bond donors (Lipinski definition) is 0. The van der Waals surface area contributed by atoms with Gasteiger partial charge < -0.3 is 8.85 Å². The van der Waals surface area contributed by atoms with Crippen molar-refractivity contribution in [3.63, 3.8) is 0 Å². The lowest BCUT2D eigenvalue weighted by atomic mass is 10.3. The molecule has 0 atom stereocenters. The van der Waals surface area contributed by atoms with E-state index in [0.717, 1.165) is 13.2 Å². The van der Waals surface area contributed by atoms with Gasteiger partial charge in [-0.3, -0.25) is 0 Å². The molecular formula is C18H40O2Si. The second-order valence-electron chi connectivity index (χ2n) is 6.23. The zero-order valence-corrected chi connectivity index (χ0v) is 16.2. The molecule has 0 saturated carbocycles. The summed E-state index contributed by atoms with van der Waals surface area (Å²) in [6.07, 6.45) is 12.5. The molecule has 0 aromatic rings. The Morgan fingerprint density at radius 3 is 1.24 bits per heavy atom. The molecule has 0 bridgehead atoms. The smallest absolute Gasteiger partial charge is 0.338 e. The van der Waals surface area contributed by atoms with Crippen LogP contribution in [0, 0.1) is 0 Å². The van der Waals surface area contributed by atoms with Crippen LogP contribution in [0.1, 0.15) is 91.9 Å². The highest BCUT2D eigenvalue weighted by Crippen LogP contribution is 2.26. The SMILES string of the molecule is CCCCC[Si](CCCCC)(OCCCC)OCCCC. The van der Waals surface area contributed by atoms with Crippen molar-refractivity contribution in [2.24, 2.45) is 0 Å². The molecule has 0 heterocycles. The average molecular weight is 317 g/mol. The lowest BCUT2D eigenvalue weighted by Gasteiger charge is -2.31. The Balaban J connectivity index is 4.52. The monoisotopic (exact) mass is 316 g/mol. The summed E-state index contributed by atoms with van der Waals surface area (Å²) in [5.74, 6) is 0. The Hall–Kier alpha value is 0.137. The van der Waals surface area contributed by atoms with E-state index in [2.05, 4.69) is 27.7 Å². The van der Waals surface area contributed by atoms with Crippen LogP contribution in [0.15, 0.2) is 0 Å². The lowest BCUT2D eigenvalue weighted by molar-refractivity contribution is 0.161. The maximum Gasteiger partial charge on any atom is 0.338 e. The molecule has 0 saturated heterocycles. The molecule has 21 heavy (non-hydrogen) atoms. The van der Waals surface area contributed by atoms with E-state index in [1.54, 1.807) is 0 Å². The van der Waals surface area contributed by atoms with Gasteiger partial charge in [-0.25, -0.2) is 0 Å². The van der Waals surface area contributed by atoms with Gasteiger partial charge in [0, 0.05) is 13.2 Å². The molecule has 0 aliphatic heterocycles. The minimum absolute atomic E-state index is 0.910. The highest BCUT2D eigenvalue weighted by molar-refractivity contribution is 6.67. The quantitative estimate of drug-likeness (QED) is 0.241. The van der Waals surface area contributed by atoms with Crippen LogP contribution in [0.4, 0.5) is 0 Å². The van der Waals surface area contributed by atoms with E-state index >= 15 is 0 Å². The Morgan fingerprint density at radius 2 is 0.905 bits per heavy atom. The molecule has 0 rings (SSSR count). The van der Waals surface area contributed by atoms with Crippen molar-refractivity contribution < 1.29 is 8.85 Å². The van der Waals surface area contributed by atoms with Gasteiger partial charge in [0.25, 0.3) is 0 Å². The Bertz CT molecular complexity index is 164. The minimum Gasteiger partial charge on any atom is -0.394 e. The summed E-state index contributed by atoms with van der Waals surface area (Å²) < 4.78 is 12.9. The zero-order chi connectivity index (χ0) is 15.8. The highest BCUT2D eigenvalue weighted by Gasteiger charge is 2.36. The topological polar surface area (TPSA) is 18.5 Å². The highest BCUT2D eigenvalue weighted by atomic mass is 28.4. The first kappa shape index (κ1) is 21.1. The van der Waals surface area contributed by atoms with Gasteiger partial charge >= 0.3 is 8.56 Å². The summed E-state index contributed by atoms with van der Waals surface area (Å²) in [5, 5.41) is 0. The van der Waals surface area contributed by atoms with Crippen LogP contribution >= 0.6 is 0 Å². The normalized spacial score (nSPS) is 12.0.